The van der Waals surface area contributed by atoms with Gasteiger partial charge in [0.2, 0.25) is 0 Å². The van der Waals surface area contributed by atoms with Gasteiger partial charge in [-0.3, -0.25) is 0 Å². The maximum Gasteiger partial charge on any atom is 0.379 e. The van der Waals surface area contributed by atoms with Crippen LogP contribution in [0.25, 0.3) is 0 Å². The number of thiazole rings is 1. The van der Waals surface area contributed by atoms with Crippen LogP contribution in [0.15, 0.2) is 56.2 Å². The van der Waals surface area contributed by atoms with Crippen LogP contribution in [-0.4, -0.2) is 11.1 Å². The van der Waals surface area contributed by atoms with Crippen LogP contribution in [0.1, 0.15) is 16.2 Å². The molecule has 0 saturated carbocycles. The monoisotopic (exact) mass is 318 g/mol. The van der Waals surface area contributed by atoms with E-state index in [1.807, 2.05) is 42.6 Å². The first kappa shape index (κ1) is 13.8. The van der Waals surface area contributed by atoms with E-state index in [1.54, 1.807) is 6.20 Å². The normalized spacial score (nSPS) is 10.5. The smallest absolute Gasteiger partial charge is 0.347 e. The van der Waals surface area contributed by atoms with E-state index < -0.39 is 0 Å². The van der Waals surface area contributed by atoms with E-state index in [0.29, 0.717) is 10.8 Å². The Bertz CT molecular complexity index is 739. The van der Waals surface area contributed by atoms with Crippen LogP contribution in [0, 0.1) is 6.92 Å². The molecule has 0 unspecified atom stereocenters. The molecule has 0 aliphatic heterocycles. The lowest BCUT2D eigenvalue weighted by atomic mass is 10.3. The van der Waals surface area contributed by atoms with E-state index in [-0.39, 0.29) is 11.7 Å². The molecule has 1 amide bonds. The molecule has 7 heteroatoms. The number of carbonyl (C=O) groups excluding carboxylic acids is 1. The first-order valence-electron chi connectivity index (χ1n) is 6.20. The highest BCUT2D eigenvalue weighted by Crippen LogP contribution is 2.33. The Hall–Kier alpha value is -2.12. The summed E-state index contributed by atoms with van der Waals surface area (Å²) < 4.78 is 5.19. The highest BCUT2D eigenvalue weighted by molar-refractivity contribution is 7.99. The Morgan fingerprint density at radius 2 is 2.19 bits per heavy atom. The first-order chi connectivity index (χ1) is 10.2. The number of aromatic amines is 1. The summed E-state index contributed by atoms with van der Waals surface area (Å²) in [5.74, 6) is -0.0871. The lowest BCUT2D eigenvalue weighted by Crippen LogP contribution is -2.16. The number of aryl methyl sites for hydroxylation is 1. The zero-order valence-corrected chi connectivity index (χ0v) is 12.8. The molecule has 2 N–H and O–H groups in total. The molecule has 106 valence electrons. The van der Waals surface area contributed by atoms with Crippen LogP contribution in [0.4, 0.5) is 5.13 Å². The van der Waals surface area contributed by atoms with E-state index in [2.05, 4.69) is 15.5 Å². The lowest BCUT2D eigenvalue weighted by Gasteiger charge is -2.00. The average molecular weight is 318 g/mol. The Morgan fingerprint density at radius 3 is 2.90 bits per heavy atom. The van der Waals surface area contributed by atoms with Gasteiger partial charge in [0.05, 0.1) is 16.8 Å². The number of rotatable bonds is 4. The summed E-state index contributed by atoms with van der Waals surface area (Å²) in [5, 5.41) is 9.16. The molecular weight excluding hydrogens is 306 g/mol. The van der Waals surface area contributed by atoms with Crippen molar-refractivity contribution in [1.29, 1.82) is 0 Å². The van der Waals surface area contributed by atoms with Gasteiger partial charge in [-0.1, -0.05) is 46.5 Å². The number of benzene rings is 1. The second-order valence-electron chi connectivity index (χ2n) is 4.19. The van der Waals surface area contributed by atoms with Gasteiger partial charge in [0.1, 0.15) is 0 Å². The van der Waals surface area contributed by atoms with Crippen molar-refractivity contribution in [3.8, 4) is 0 Å². The van der Waals surface area contributed by atoms with E-state index in [1.165, 1.54) is 23.1 Å². The summed E-state index contributed by atoms with van der Waals surface area (Å²) in [5.41, 5.74) is 0.698. The minimum absolute atomic E-state index is 0.225. The van der Waals surface area contributed by atoms with Gasteiger partial charge in [0.15, 0.2) is 0 Å². The summed E-state index contributed by atoms with van der Waals surface area (Å²) in [6.07, 6.45) is 1.76. The summed E-state index contributed by atoms with van der Waals surface area (Å²) in [6, 6.07) is 9.81. The van der Waals surface area contributed by atoms with E-state index in [9.17, 15) is 4.79 Å². The highest BCUT2D eigenvalue weighted by Gasteiger charge is 2.25. The van der Waals surface area contributed by atoms with Crippen LogP contribution >= 0.6 is 23.1 Å². The van der Waals surface area contributed by atoms with Crippen molar-refractivity contribution in [3.05, 3.63) is 53.4 Å². The van der Waals surface area contributed by atoms with Crippen LogP contribution in [-0.2, 0) is 0 Å². The van der Waals surface area contributed by atoms with Gasteiger partial charge in [0, 0.05) is 10.3 Å². The quantitative estimate of drug-likeness (QED) is 0.801. The number of H-pyrrole nitrogens is 1. The van der Waals surface area contributed by atoms with Gasteiger partial charge in [-0.15, -0.1) is 0 Å². The molecule has 0 aliphatic carbocycles. The van der Waals surface area contributed by atoms with Crippen molar-refractivity contribution in [3.63, 3.8) is 0 Å². The topological polar surface area (TPSA) is 69.3 Å². The number of nitrogens with one attached hydrogen (secondary N) is 2. The molecule has 0 saturated heterocycles. The predicted octanol–water partition coefficient (Wildman–Crippen LogP) is 3.26. The molecule has 0 aliphatic rings. The highest BCUT2D eigenvalue weighted by atomic mass is 32.2. The lowest BCUT2D eigenvalue weighted by molar-refractivity contribution is -0.354. The molecule has 5 nitrogen and oxygen atoms in total. The van der Waals surface area contributed by atoms with Gasteiger partial charge in [-0.05, 0) is 19.1 Å². The Labute approximate surface area is 129 Å². The average Bonchev–Trinajstić information content (AvgIpc) is 3.11. The Morgan fingerprint density at radius 1 is 1.38 bits per heavy atom. The van der Waals surface area contributed by atoms with Crippen LogP contribution in [0.5, 0.6) is 0 Å². The van der Waals surface area contributed by atoms with Crippen LogP contribution < -0.4 is 10.3 Å². The van der Waals surface area contributed by atoms with E-state index >= 15 is 0 Å². The third-order valence-electron chi connectivity index (χ3n) is 2.67. The molecule has 0 radical (unpaired) electrons. The summed E-state index contributed by atoms with van der Waals surface area (Å²) >= 11 is 2.87. The summed E-state index contributed by atoms with van der Waals surface area (Å²) in [7, 11) is 0. The number of carbonyl (C=O) groups is 1. The fourth-order valence-corrected chi connectivity index (χ4v) is 3.20. The van der Waals surface area contributed by atoms with Gasteiger partial charge in [0.25, 0.3) is 5.76 Å². The van der Waals surface area contributed by atoms with Gasteiger partial charge >= 0.3 is 11.0 Å². The molecule has 3 aromatic rings. The minimum Gasteiger partial charge on any atom is -0.347 e. The zero-order chi connectivity index (χ0) is 14.7. The Kier molecular flexibility index (Phi) is 4.03. The van der Waals surface area contributed by atoms with E-state index in [0.717, 1.165) is 9.79 Å². The molecule has 1 aromatic carbocycles. The Balaban J connectivity index is 1.84. The fourth-order valence-electron chi connectivity index (χ4n) is 1.70. The van der Waals surface area contributed by atoms with Crippen molar-refractivity contribution in [1.82, 2.24) is 5.16 Å². The summed E-state index contributed by atoms with van der Waals surface area (Å²) in [6.45, 7) is 1.82. The third-order valence-corrected chi connectivity index (χ3v) is 4.59. The molecular formula is C14H12N3O2S2+. The van der Waals surface area contributed by atoms with Gasteiger partial charge in [-0.25, -0.2) is 9.78 Å². The maximum atomic E-state index is 12.3. The molecule has 0 atom stereocenters. The molecule has 3 rings (SSSR count). The standard InChI is InChI=1S/C14H11N3O2S2/c1-9-12(21-10-5-3-2-4-6-10)11(19-17-9)13(18)16-14-15-7-8-20-14/h2-8H,1H3,(H,15,16,18)/p+1. The first-order valence-corrected chi connectivity index (χ1v) is 7.89. The molecule has 0 bridgehead atoms. The number of aromatic nitrogens is 2. The van der Waals surface area contributed by atoms with Crippen molar-refractivity contribution >= 4 is 34.1 Å². The number of anilines is 1. The van der Waals surface area contributed by atoms with E-state index in [4.69, 9.17) is 4.52 Å². The van der Waals surface area contributed by atoms with Gasteiger partial charge < -0.3 is 4.52 Å². The number of nitrogens with zero attached hydrogens (tertiary/aromatic N) is 1. The SMILES string of the molecule is Cc1noc(C(=O)Nc2[nH+]ccs2)c1Sc1ccccc1. The second-order valence-corrected chi connectivity index (χ2v) is 6.19. The number of amides is 1. The number of hydrogen-bond donors (Lipinski definition) is 1. The summed E-state index contributed by atoms with van der Waals surface area (Å²) in [4.78, 5) is 17.0. The minimum atomic E-state index is -0.312. The van der Waals surface area contributed by atoms with Crippen LogP contribution in [0.3, 0.4) is 0 Å². The number of hydrogen-bond acceptors (Lipinski definition) is 5. The van der Waals surface area contributed by atoms with Crippen molar-refractivity contribution in [2.75, 3.05) is 5.32 Å². The van der Waals surface area contributed by atoms with Crippen LogP contribution in [0.2, 0.25) is 0 Å². The molecule has 21 heavy (non-hydrogen) atoms. The second kappa shape index (κ2) is 6.11. The zero-order valence-electron chi connectivity index (χ0n) is 11.1. The molecule has 2 aromatic heterocycles. The molecule has 0 spiro atoms. The molecule has 0 fully saturated rings. The third kappa shape index (κ3) is 3.14. The van der Waals surface area contributed by atoms with Crippen molar-refractivity contribution in [2.24, 2.45) is 0 Å². The predicted molar refractivity (Wildman–Crippen MR) is 80.6 cm³/mol. The maximum absolute atomic E-state index is 12.3. The fraction of sp³-hybridized carbons (Fsp3) is 0.0714. The van der Waals surface area contributed by atoms with Gasteiger partial charge in [-0.2, -0.15) is 5.32 Å². The van der Waals surface area contributed by atoms with Crippen molar-refractivity contribution < 1.29 is 14.3 Å². The largest absolute Gasteiger partial charge is 0.379 e. The molecule has 2 heterocycles. The van der Waals surface area contributed by atoms with Crippen molar-refractivity contribution in [2.45, 2.75) is 16.7 Å².